The Morgan fingerprint density at radius 1 is 0.963 bits per heavy atom. The maximum Gasteiger partial charge on any atom is 0.341 e. The van der Waals surface area contributed by atoms with Crippen molar-refractivity contribution in [2.75, 3.05) is 7.11 Å². The normalized spacial score (nSPS) is 10.7. The van der Waals surface area contributed by atoms with E-state index in [1.165, 1.54) is 7.11 Å². The fourth-order valence-electron chi connectivity index (χ4n) is 2.86. The van der Waals surface area contributed by atoms with Gasteiger partial charge < -0.3 is 9.15 Å². The molecule has 0 amide bonds. The van der Waals surface area contributed by atoms with E-state index in [9.17, 15) is 9.59 Å². The van der Waals surface area contributed by atoms with Crippen LogP contribution in [0.15, 0.2) is 61.9 Å². The van der Waals surface area contributed by atoms with Crippen LogP contribution in [-0.4, -0.2) is 18.9 Å². The summed E-state index contributed by atoms with van der Waals surface area (Å²) < 4.78 is 12.6. The maximum atomic E-state index is 12.8. The molecule has 0 atom stereocenters. The Balaban J connectivity index is 2.07. The van der Waals surface area contributed by atoms with Crippen LogP contribution in [0.4, 0.5) is 0 Å². The number of methoxy groups -OCH3 is 1. The lowest BCUT2D eigenvalue weighted by Gasteiger charge is -2.06. The molecule has 0 aliphatic heterocycles. The summed E-state index contributed by atoms with van der Waals surface area (Å²) >= 11 is 6.77. The number of benzene rings is 2. The Kier molecular flexibility index (Phi) is 5.97. The molecule has 0 fully saturated rings. The van der Waals surface area contributed by atoms with E-state index < -0.39 is 5.97 Å². The summed E-state index contributed by atoms with van der Waals surface area (Å²) in [6, 6.07) is 14.6. The van der Waals surface area contributed by atoms with Crippen molar-refractivity contribution in [3.8, 4) is 11.3 Å². The second-order valence-corrected chi connectivity index (χ2v) is 7.78. The molecule has 6 heteroatoms. The fraction of sp³-hybridized carbons (Fsp3) is 0.143. The third kappa shape index (κ3) is 4.22. The highest BCUT2D eigenvalue weighted by Crippen LogP contribution is 2.33. The van der Waals surface area contributed by atoms with Gasteiger partial charge in [-0.1, -0.05) is 56.1 Å². The summed E-state index contributed by atoms with van der Waals surface area (Å²) in [5, 5.41) is 0. The van der Waals surface area contributed by atoms with Crippen LogP contribution in [-0.2, 0) is 11.2 Å². The van der Waals surface area contributed by atoms with Gasteiger partial charge in [0.25, 0.3) is 0 Å². The van der Waals surface area contributed by atoms with Gasteiger partial charge in [0.1, 0.15) is 17.1 Å². The summed E-state index contributed by atoms with van der Waals surface area (Å²) in [5.41, 5.74) is 2.19. The molecule has 27 heavy (non-hydrogen) atoms. The van der Waals surface area contributed by atoms with Crippen molar-refractivity contribution < 1.29 is 18.7 Å². The molecule has 138 valence electrons. The van der Waals surface area contributed by atoms with Crippen LogP contribution in [0.25, 0.3) is 11.3 Å². The number of hydrogen-bond acceptors (Lipinski definition) is 4. The van der Waals surface area contributed by atoms with Crippen LogP contribution in [0.2, 0.25) is 0 Å². The first-order valence-electron chi connectivity index (χ1n) is 8.16. The summed E-state index contributed by atoms with van der Waals surface area (Å²) in [6.07, 6.45) is 0.0365. The number of hydrogen-bond donors (Lipinski definition) is 0. The van der Waals surface area contributed by atoms with Gasteiger partial charge >= 0.3 is 5.97 Å². The second kappa shape index (κ2) is 8.23. The molecule has 0 saturated carbocycles. The molecule has 1 heterocycles. The molecule has 0 unspecified atom stereocenters. The number of halogens is 2. The lowest BCUT2D eigenvalue weighted by molar-refractivity contribution is 0.0598. The molecule has 0 spiro atoms. The Hall–Kier alpha value is -2.18. The topological polar surface area (TPSA) is 56.5 Å². The minimum Gasteiger partial charge on any atom is -0.465 e. The number of carbonyl (C=O) groups is 2. The van der Waals surface area contributed by atoms with Crippen molar-refractivity contribution in [3.05, 3.63) is 79.9 Å². The molecule has 4 nitrogen and oxygen atoms in total. The van der Waals surface area contributed by atoms with Crippen LogP contribution in [0.1, 0.15) is 32.0 Å². The van der Waals surface area contributed by atoms with Crippen molar-refractivity contribution in [2.45, 2.75) is 13.3 Å². The third-order valence-electron chi connectivity index (χ3n) is 4.18. The van der Waals surface area contributed by atoms with E-state index >= 15 is 0 Å². The van der Waals surface area contributed by atoms with E-state index in [1.807, 2.05) is 36.4 Å². The van der Waals surface area contributed by atoms with Gasteiger partial charge in [-0.2, -0.15) is 0 Å². The number of carbonyl (C=O) groups excluding carboxylic acids is 2. The van der Waals surface area contributed by atoms with E-state index in [-0.39, 0.29) is 12.2 Å². The molecule has 0 aliphatic carbocycles. The van der Waals surface area contributed by atoms with Crippen molar-refractivity contribution in [2.24, 2.45) is 0 Å². The Morgan fingerprint density at radius 3 is 2.07 bits per heavy atom. The van der Waals surface area contributed by atoms with Crippen LogP contribution in [0.5, 0.6) is 0 Å². The molecule has 1 aromatic heterocycles. The lowest BCUT2D eigenvalue weighted by atomic mass is 9.96. The van der Waals surface area contributed by atoms with Crippen LogP contribution < -0.4 is 0 Å². The predicted molar refractivity (Wildman–Crippen MR) is 110 cm³/mol. The smallest absolute Gasteiger partial charge is 0.341 e. The van der Waals surface area contributed by atoms with E-state index in [0.717, 1.165) is 14.5 Å². The van der Waals surface area contributed by atoms with Crippen LogP contribution >= 0.6 is 31.9 Å². The number of esters is 1. The standard InChI is InChI=1S/C21H16Br2O4/c1-12-19(21(25)26-2)17(11-18(24)13-3-7-15(22)8-4-13)20(27-12)14-5-9-16(23)10-6-14/h3-10H,11H2,1-2H3. The Morgan fingerprint density at radius 2 is 1.52 bits per heavy atom. The number of Topliss-reactive ketones (excluding diaryl/α,β-unsaturated/α-hetero) is 1. The van der Waals surface area contributed by atoms with Crippen molar-refractivity contribution >= 4 is 43.6 Å². The lowest BCUT2D eigenvalue weighted by Crippen LogP contribution is -2.10. The Labute approximate surface area is 173 Å². The second-order valence-electron chi connectivity index (χ2n) is 5.95. The van der Waals surface area contributed by atoms with Crippen LogP contribution in [0, 0.1) is 6.92 Å². The van der Waals surface area contributed by atoms with Gasteiger partial charge in [0.15, 0.2) is 5.78 Å². The summed E-state index contributed by atoms with van der Waals surface area (Å²) in [7, 11) is 1.31. The third-order valence-corrected chi connectivity index (χ3v) is 5.24. The van der Waals surface area contributed by atoms with Gasteiger partial charge in [-0.3, -0.25) is 4.79 Å². The highest BCUT2D eigenvalue weighted by Gasteiger charge is 2.26. The van der Waals surface area contributed by atoms with E-state index in [0.29, 0.717) is 28.2 Å². The molecule has 0 radical (unpaired) electrons. The van der Waals surface area contributed by atoms with Crippen LogP contribution in [0.3, 0.4) is 0 Å². The Bertz CT molecular complexity index is 986. The molecule has 2 aromatic carbocycles. The van der Waals surface area contributed by atoms with E-state index in [4.69, 9.17) is 9.15 Å². The van der Waals surface area contributed by atoms with Crippen molar-refractivity contribution in [3.63, 3.8) is 0 Å². The van der Waals surface area contributed by atoms with Gasteiger partial charge in [-0.05, 0) is 31.2 Å². The molecular formula is C21H16Br2O4. The zero-order chi connectivity index (χ0) is 19.6. The minimum absolute atomic E-state index is 0.0365. The van der Waals surface area contributed by atoms with Gasteiger partial charge in [0.2, 0.25) is 0 Å². The highest BCUT2D eigenvalue weighted by molar-refractivity contribution is 9.10. The number of furan rings is 1. The maximum absolute atomic E-state index is 12.8. The van der Waals surface area contributed by atoms with Gasteiger partial charge in [-0.25, -0.2) is 4.79 Å². The molecule has 3 rings (SSSR count). The highest BCUT2D eigenvalue weighted by atomic mass is 79.9. The first kappa shape index (κ1) is 19.6. The average Bonchev–Trinajstić information content (AvgIpc) is 2.98. The minimum atomic E-state index is -0.516. The first-order chi connectivity index (χ1) is 12.9. The zero-order valence-electron chi connectivity index (χ0n) is 14.7. The zero-order valence-corrected chi connectivity index (χ0v) is 17.9. The number of ether oxygens (including phenoxy) is 1. The van der Waals surface area contributed by atoms with Gasteiger partial charge in [0, 0.05) is 32.1 Å². The molecular weight excluding hydrogens is 476 g/mol. The molecule has 0 bridgehead atoms. The summed E-state index contributed by atoms with van der Waals surface area (Å²) in [5.74, 6) is 0.314. The van der Waals surface area contributed by atoms with E-state index in [2.05, 4.69) is 31.9 Å². The SMILES string of the molecule is COC(=O)c1c(C)oc(-c2ccc(Br)cc2)c1CC(=O)c1ccc(Br)cc1. The summed E-state index contributed by atoms with van der Waals surface area (Å²) in [6.45, 7) is 1.70. The molecule has 0 N–H and O–H groups in total. The number of rotatable bonds is 5. The van der Waals surface area contributed by atoms with E-state index in [1.54, 1.807) is 19.1 Å². The van der Waals surface area contributed by atoms with Gasteiger partial charge in [-0.15, -0.1) is 0 Å². The van der Waals surface area contributed by atoms with Crippen molar-refractivity contribution in [1.29, 1.82) is 0 Å². The van der Waals surface area contributed by atoms with Gasteiger partial charge in [0.05, 0.1) is 7.11 Å². The monoisotopic (exact) mass is 490 g/mol. The fourth-order valence-corrected chi connectivity index (χ4v) is 3.39. The first-order valence-corrected chi connectivity index (χ1v) is 9.74. The molecule has 0 aliphatic rings. The molecule has 0 saturated heterocycles. The quantitative estimate of drug-likeness (QED) is 0.325. The largest absolute Gasteiger partial charge is 0.465 e. The average molecular weight is 492 g/mol. The van der Waals surface area contributed by atoms with Crippen molar-refractivity contribution in [1.82, 2.24) is 0 Å². The predicted octanol–water partition coefficient (Wildman–Crippen LogP) is 5.99. The number of ketones is 1. The number of aryl methyl sites for hydroxylation is 1. The summed E-state index contributed by atoms with van der Waals surface area (Å²) in [4.78, 5) is 25.1. The molecule has 3 aromatic rings.